The van der Waals surface area contributed by atoms with Gasteiger partial charge in [0.1, 0.15) is 6.54 Å². The van der Waals surface area contributed by atoms with Crippen LogP contribution in [0.2, 0.25) is 5.02 Å². The third-order valence-corrected chi connectivity index (χ3v) is 5.47. The fourth-order valence-corrected chi connectivity index (χ4v) is 3.70. The molecule has 3 rings (SSSR count). The largest absolute Gasteiger partial charge is 0.416 e. The van der Waals surface area contributed by atoms with Crippen molar-refractivity contribution in [1.29, 1.82) is 0 Å². The molecular weight excluding hydrogens is 485 g/mol. The number of rotatable bonds is 10. The van der Waals surface area contributed by atoms with E-state index in [-0.39, 0.29) is 43.1 Å². The van der Waals surface area contributed by atoms with Crippen LogP contribution in [0.1, 0.15) is 30.9 Å². The highest BCUT2D eigenvalue weighted by Gasteiger charge is 2.32. The number of Topliss-reactive ketones (excluding diaryl/α,β-unsaturated/α-hetero) is 1. The quantitative estimate of drug-likeness (QED) is 0.446. The van der Waals surface area contributed by atoms with Crippen LogP contribution in [0.3, 0.4) is 0 Å². The van der Waals surface area contributed by atoms with E-state index in [4.69, 9.17) is 11.6 Å². The number of carbonyl (C=O) groups is 2. The van der Waals surface area contributed by atoms with Crippen molar-refractivity contribution in [3.8, 4) is 11.4 Å². The van der Waals surface area contributed by atoms with Crippen molar-refractivity contribution in [3.63, 3.8) is 0 Å². The molecule has 0 aliphatic carbocycles. The molecule has 7 nitrogen and oxygen atoms in total. The first-order valence-electron chi connectivity index (χ1n) is 11.0. The first kappa shape index (κ1) is 26.2. The highest BCUT2D eigenvalue weighted by atomic mass is 35.5. The van der Waals surface area contributed by atoms with E-state index in [1.165, 1.54) is 22.8 Å². The maximum atomic E-state index is 13.1. The molecule has 1 heterocycles. The van der Waals surface area contributed by atoms with Crippen LogP contribution >= 0.6 is 11.6 Å². The summed E-state index contributed by atoms with van der Waals surface area (Å²) in [7, 11) is 0. The van der Waals surface area contributed by atoms with Crippen LogP contribution in [0.25, 0.3) is 11.4 Å². The van der Waals surface area contributed by atoms with E-state index in [0.717, 1.165) is 10.7 Å². The summed E-state index contributed by atoms with van der Waals surface area (Å²) < 4.78 is 41.6. The lowest BCUT2D eigenvalue weighted by molar-refractivity contribution is -0.138. The number of nitrogens with zero attached hydrogens (tertiary/aromatic N) is 3. The Morgan fingerprint density at radius 1 is 1.06 bits per heavy atom. The molecule has 0 fully saturated rings. The van der Waals surface area contributed by atoms with E-state index in [1.54, 1.807) is 24.3 Å². The molecule has 11 heteroatoms. The summed E-state index contributed by atoms with van der Waals surface area (Å²) in [5, 5.41) is 7.24. The number of hydrogen-bond acceptors (Lipinski definition) is 4. The van der Waals surface area contributed by atoms with Crippen molar-refractivity contribution in [2.45, 2.75) is 45.5 Å². The van der Waals surface area contributed by atoms with Crippen LogP contribution in [0.5, 0.6) is 0 Å². The van der Waals surface area contributed by atoms with E-state index in [0.29, 0.717) is 17.0 Å². The Kier molecular flexibility index (Phi) is 8.50. The second kappa shape index (κ2) is 11.4. The molecule has 2 aromatic carbocycles. The zero-order chi connectivity index (χ0) is 25.6. The Hall–Kier alpha value is -3.40. The molecule has 3 aromatic rings. The van der Waals surface area contributed by atoms with Crippen molar-refractivity contribution >= 4 is 23.3 Å². The summed E-state index contributed by atoms with van der Waals surface area (Å²) in [5.41, 5.74) is -0.801. The number of benzene rings is 2. The summed E-state index contributed by atoms with van der Waals surface area (Å²) in [6.07, 6.45) is -3.62. The van der Waals surface area contributed by atoms with Crippen LogP contribution in [0, 0.1) is 0 Å². The van der Waals surface area contributed by atoms with Crippen LogP contribution in [-0.4, -0.2) is 32.6 Å². The topological polar surface area (TPSA) is 86.0 Å². The molecular formula is C24H24ClF3N4O3. The minimum atomic E-state index is -4.49. The maximum Gasteiger partial charge on any atom is 0.416 e. The Labute approximate surface area is 204 Å². The van der Waals surface area contributed by atoms with Crippen LogP contribution in [0.15, 0.2) is 53.3 Å². The molecule has 0 atom stereocenters. The van der Waals surface area contributed by atoms with Crippen LogP contribution in [0.4, 0.5) is 13.2 Å². The van der Waals surface area contributed by atoms with Crippen molar-refractivity contribution in [1.82, 2.24) is 19.7 Å². The zero-order valence-corrected chi connectivity index (χ0v) is 19.7. The standard InChI is InChI=1S/C24H24ClF3N4O3/c1-2-5-19(33)14-31-22(17-8-10-18(25)11-9-17)30-32(23(31)35)15-21(34)29-13-12-16-6-3-4-7-20(16)24(26,27)28/h3-4,6-11H,2,5,12-15H2,1H3,(H,29,34). The molecule has 0 spiro atoms. The van der Waals surface area contributed by atoms with Crippen LogP contribution in [-0.2, 0) is 35.3 Å². The average molecular weight is 509 g/mol. The Morgan fingerprint density at radius 3 is 2.40 bits per heavy atom. The zero-order valence-electron chi connectivity index (χ0n) is 18.9. The number of nitrogens with one attached hydrogen (secondary N) is 1. The lowest BCUT2D eigenvalue weighted by Gasteiger charge is -2.12. The lowest BCUT2D eigenvalue weighted by Crippen LogP contribution is -2.35. The van der Waals surface area contributed by atoms with E-state index in [9.17, 15) is 27.6 Å². The van der Waals surface area contributed by atoms with Gasteiger partial charge in [0.15, 0.2) is 11.6 Å². The number of alkyl halides is 3. The predicted octanol–water partition coefficient (Wildman–Crippen LogP) is 4.11. The molecule has 0 unspecified atom stereocenters. The molecule has 1 N–H and O–H groups in total. The summed E-state index contributed by atoms with van der Waals surface area (Å²) >= 11 is 5.93. The Morgan fingerprint density at radius 2 is 1.74 bits per heavy atom. The normalized spacial score (nSPS) is 11.5. The fourth-order valence-electron chi connectivity index (χ4n) is 3.58. The van der Waals surface area contributed by atoms with Gasteiger partial charge in [-0.25, -0.2) is 9.48 Å². The predicted molar refractivity (Wildman–Crippen MR) is 125 cm³/mol. The van der Waals surface area contributed by atoms with Crippen molar-refractivity contribution < 1.29 is 22.8 Å². The van der Waals surface area contributed by atoms with Crippen molar-refractivity contribution in [2.75, 3.05) is 6.54 Å². The molecule has 35 heavy (non-hydrogen) atoms. The summed E-state index contributed by atoms with van der Waals surface area (Å²) in [5.74, 6) is -0.538. The minimum absolute atomic E-state index is 0.0354. The molecule has 186 valence electrons. The van der Waals surface area contributed by atoms with E-state index >= 15 is 0 Å². The number of amides is 1. The SMILES string of the molecule is CCCC(=O)Cn1c(-c2ccc(Cl)cc2)nn(CC(=O)NCCc2ccccc2C(F)(F)F)c1=O. The van der Waals surface area contributed by atoms with Gasteiger partial charge in [0.25, 0.3) is 0 Å². The number of ketones is 1. The van der Waals surface area contributed by atoms with Crippen molar-refractivity contribution in [2.24, 2.45) is 0 Å². The number of hydrogen-bond donors (Lipinski definition) is 1. The Balaban J connectivity index is 1.75. The monoisotopic (exact) mass is 508 g/mol. The van der Waals surface area contributed by atoms with Gasteiger partial charge in [-0.15, -0.1) is 5.10 Å². The summed E-state index contributed by atoms with van der Waals surface area (Å²) in [6, 6.07) is 11.7. The summed E-state index contributed by atoms with van der Waals surface area (Å²) in [6.45, 7) is 1.15. The van der Waals surface area contributed by atoms with Crippen molar-refractivity contribution in [3.05, 3.63) is 75.2 Å². The van der Waals surface area contributed by atoms with Gasteiger partial charge in [-0.2, -0.15) is 13.2 Å². The third kappa shape index (κ3) is 6.82. The highest BCUT2D eigenvalue weighted by molar-refractivity contribution is 6.30. The lowest BCUT2D eigenvalue weighted by atomic mass is 10.0. The number of carbonyl (C=O) groups excluding carboxylic acids is 2. The number of halogens is 4. The molecule has 1 aromatic heterocycles. The van der Waals surface area contributed by atoms with Gasteiger partial charge < -0.3 is 5.32 Å². The van der Waals surface area contributed by atoms with E-state index in [1.807, 2.05) is 6.92 Å². The third-order valence-electron chi connectivity index (χ3n) is 5.22. The molecule has 1 amide bonds. The summed E-state index contributed by atoms with van der Waals surface area (Å²) in [4.78, 5) is 37.6. The van der Waals surface area contributed by atoms with Gasteiger partial charge >= 0.3 is 11.9 Å². The van der Waals surface area contributed by atoms with Gasteiger partial charge in [-0.05, 0) is 48.7 Å². The second-order valence-corrected chi connectivity index (χ2v) is 8.34. The molecule has 0 saturated heterocycles. The molecule has 0 radical (unpaired) electrons. The van der Waals surface area contributed by atoms with E-state index in [2.05, 4.69) is 10.4 Å². The fraction of sp³-hybridized carbons (Fsp3) is 0.333. The number of aromatic nitrogens is 3. The molecule has 0 bridgehead atoms. The second-order valence-electron chi connectivity index (χ2n) is 7.90. The molecule has 0 aliphatic rings. The average Bonchev–Trinajstić information content (AvgIpc) is 3.09. The van der Waals surface area contributed by atoms with Gasteiger partial charge in [0.05, 0.1) is 12.1 Å². The molecule has 0 saturated carbocycles. The minimum Gasteiger partial charge on any atom is -0.354 e. The van der Waals surface area contributed by atoms with E-state index < -0.39 is 29.9 Å². The van der Waals surface area contributed by atoms with Crippen LogP contribution < -0.4 is 11.0 Å². The highest BCUT2D eigenvalue weighted by Crippen LogP contribution is 2.31. The first-order valence-corrected chi connectivity index (χ1v) is 11.3. The van der Waals surface area contributed by atoms with Gasteiger partial charge in [0, 0.05) is 23.6 Å². The van der Waals surface area contributed by atoms with Gasteiger partial charge in [-0.1, -0.05) is 36.7 Å². The van der Waals surface area contributed by atoms with Gasteiger partial charge in [-0.3, -0.25) is 14.2 Å². The smallest absolute Gasteiger partial charge is 0.354 e. The Bertz CT molecular complexity index is 1250. The maximum absolute atomic E-state index is 13.1. The van der Waals surface area contributed by atoms with Gasteiger partial charge in [0.2, 0.25) is 5.91 Å². The molecule has 0 aliphatic heterocycles. The first-order chi connectivity index (χ1) is 16.6.